The average molecular weight is 1040 g/mol. The molecule has 4 aliphatic heterocycles. The van der Waals surface area contributed by atoms with Gasteiger partial charge in [0.2, 0.25) is 0 Å². The minimum atomic E-state index is -0.887. The fourth-order valence-electron chi connectivity index (χ4n) is 9.72. The molecule has 20 heteroatoms. The maximum atomic E-state index is 14.3. The number of benzene rings is 6. The second-order valence-electron chi connectivity index (χ2n) is 18.2. The predicted molar refractivity (Wildman–Crippen MR) is 273 cm³/mol. The van der Waals surface area contributed by atoms with Crippen LogP contribution >= 0.6 is 0 Å². The van der Waals surface area contributed by atoms with E-state index in [1.165, 1.54) is 35.4 Å². The molecule has 2 aromatic heterocycles. The van der Waals surface area contributed by atoms with Crippen molar-refractivity contribution in [3.8, 4) is 23.0 Å². The number of aromatic hydroxyl groups is 1. The van der Waals surface area contributed by atoms with Crippen LogP contribution in [0.5, 0.6) is 23.0 Å². The molecule has 2 saturated heterocycles. The van der Waals surface area contributed by atoms with Crippen LogP contribution in [0.15, 0.2) is 146 Å². The van der Waals surface area contributed by atoms with Crippen molar-refractivity contribution in [2.45, 2.75) is 32.3 Å². The number of carbonyl (C=O) groups is 6. The van der Waals surface area contributed by atoms with Crippen molar-refractivity contribution in [2.24, 2.45) is 0 Å². The third kappa shape index (κ3) is 9.58. The number of hydrogen-bond acceptors (Lipinski definition) is 12. The van der Waals surface area contributed by atoms with Crippen LogP contribution in [0.25, 0.3) is 21.8 Å². The Hall–Kier alpha value is -9.98. The summed E-state index contributed by atoms with van der Waals surface area (Å²) >= 11 is 0. The number of imide groups is 2. The summed E-state index contributed by atoms with van der Waals surface area (Å²) in [5.41, 5.74) is 4.56. The van der Waals surface area contributed by atoms with E-state index in [2.05, 4.69) is 20.6 Å². The summed E-state index contributed by atoms with van der Waals surface area (Å²) < 4.78 is 45.2. The van der Waals surface area contributed by atoms with Gasteiger partial charge in [0.05, 0.1) is 37.3 Å². The van der Waals surface area contributed by atoms with Gasteiger partial charge in [0.15, 0.2) is 11.5 Å². The summed E-state index contributed by atoms with van der Waals surface area (Å²) in [4.78, 5) is 91.1. The van der Waals surface area contributed by atoms with Crippen molar-refractivity contribution in [3.05, 3.63) is 202 Å². The number of amides is 8. The van der Waals surface area contributed by atoms with Crippen molar-refractivity contribution >= 4 is 57.9 Å². The Kier molecular flexibility index (Phi) is 13.3. The molecular weight excluding hydrogens is 995 g/mol. The van der Waals surface area contributed by atoms with E-state index in [1.54, 1.807) is 59.6 Å². The van der Waals surface area contributed by atoms with Crippen LogP contribution < -0.4 is 24.8 Å². The number of halogens is 2. The molecule has 2 fully saturated rings. The van der Waals surface area contributed by atoms with Gasteiger partial charge in [-0.1, -0.05) is 84.9 Å². The highest BCUT2D eigenvalue weighted by Gasteiger charge is 2.41. The first kappa shape index (κ1) is 49.2. The van der Waals surface area contributed by atoms with Crippen LogP contribution in [0.4, 0.5) is 28.0 Å². The summed E-state index contributed by atoms with van der Waals surface area (Å²) in [6.07, 6.45) is 0.687. The largest absolute Gasteiger partial charge is 0.505 e. The van der Waals surface area contributed by atoms with Gasteiger partial charge in [0, 0.05) is 60.5 Å². The van der Waals surface area contributed by atoms with Crippen LogP contribution in [-0.4, -0.2) is 96.9 Å². The number of pyridine rings is 2. The van der Waals surface area contributed by atoms with Crippen LogP contribution in [-0.2, 0) is 26.2 Å². The lowest BCUT2D eigenvalue weighted by Gasteiger charge is -2.23. The maximum absolute atomic E-state index is 14.3. The molecule has 0 radical (unpaired) electrons. The normalized spacial score (nSPS) is 14.6. The SMILES string of the molecule is O=C1c2c(c(OC(=O)N3CCNC3=O)c3cccnc3c2O)CN1Cc1ccc(F)cc1.O=C1c2c(c(OC(=O)N3CCNC3=O)c3cccnc3c2OC(c2ccccc2)c2ccccc2)CN1Cc1ccc(F)cc1. The smallest absolute Gasteiger partial charge is 0.423 e. The van der Waals surface area contributed by atoms with E-state index in [-0.39, 0.29) is 96.5 Å². The van der Waals surface area contributed by atoms with Crippen LogP contribution in [0, 0.1) is 11.6 Å². The molecule has 0 saturated carbocycles. The second kappa shape index (κ2) is 20.7. The van der Waals surface area contributed by atoms with E-state index >= 15 is 0 Å². The highest BCUT2D eigenvalue weighted by molar-refractivity contribution is 6.11. The monoisotopic (exact) mass is 1040 g/mol. The van der Waals surface area contributed by atoms with Crippen molar-refractivity contribution in [2.75, 3.05) is 26.2 Å². The lowest BCUT2D eigenvalue weighted by atomic mass is 9.99. The van der Waals surface area contributed by atoms with Gasteiger partial charge in [0.1, 0.15) is 40.3 Å². The van der Waals surface area contributed by atoms with Crippen molar-refractivity contribution < 1.29 is 56.9 Å². The molecule has 3 N–H and O–H groups in total. The number of fused-ring (bicyclic) bond motifs is 4. The molecule has 386 valence electrons. The van der Waals surface area contributed by atoms with Gasteiger partial charge in [0.25, 0.3) is 11.8 Å². The standard InChI is InChI=1S/C35H27FN4O5.C22H17FN4O5/c36-25-15-13-22(14-16-25)20-39-21-27-28(33(39)41)32(44-30(23-8-3-1-4-9-23)24-10-5-2-6-11-24)29-26(12-7-17-37-29)31(27)45-35(43)40-19-18-38-34(40)42;23-13-5-3-12(4-6-13)10-26-11-15-16(20(26)29)18(28)17-14(2-1-7-24-17)19(15)32-22(31)27-9-8-25-21(27)30/h1-17,30H,18-21H2,(H,38,42);1-7,28H,8-11H2,(H,25,30). The number of nitrogens with one attached hydrogen (secondary N) is 2. The molecule has 77 heavy (non-hydrogen) atoms. The molecule has 4 aliphatic rings. The van der Waals surface area contributed by atoms with E-state index < -0.39 is 36.3 Å². The number of hydrogen-bond donors (Lipinski definition) is 3. The van der Waals surface area contributed by atoms with Crippen molar-refractivity contribution in [3.63, 3.8) is 0 Å². The molecule has 12 rings (SSSR count). The molecule has 0 aliphatic carbocycles. The van der Waals surface area contributed by atoms with Crippen LogP contribution in [0.3, 0.4) is 0 Å². The predicted octanol–water partition coefficient (Wildman–Crippen LogP) is 8.98. The number of phenols is 1. The summed E-state index contributed by atoms with van der Waals surface area (Å²) in [5.74, 6) is -1.43. The number of urea groups is 2. The zero-order valence-electron chi connectivity index (χ0n) is 40.7. The first-order valence-electron chi connectivity index (χ1n) is 24.4. The average Bonchev–Trinajstić information content (AvgIpc) is 4.27. The molecule has 8 aromatic rings. The summed E-state index contributed by atoms with van der Waals surface area (Å²) in [5, 5.41) is 16.7. The topological polar surface area (TPSA) is 213 Å². The minimum Gasteiger partial charge on any atom is -0.505 e. The maximum Gasteiger partial charge on any atom is 0.423 e. The zero-order valence-corrected chi connectivity index (χ0v) is 40.7. The lowest BCUT2D eigenvalue weighted by Crippen LogP contribution is -2.36. The number of aromatic nitrogens is 2. The van der Waals surface area contributed by atoms with Gasteiger partial charge >= 0.3 is 24.2 Å². The fourth-order valence-corrected chi connectivity index (χ4v) is 9.72. The molecule has 6 heterocycles. The molecule has 0 spiro atoms. The fraction of sp³-hybridized carbons (Fsp3) is 0.158. The van der Waals surface area contributed by atoms with Gasteiger partial charge in [-0.25, -0.2) is 37.8 Å². The molecule has 0 bridgehead atoms. The van der Waals surface area contributed by atoms with E-state index in [0.29, 0.717) is 46.1 Å². The summed E-state index contributed by atoms with van der Waals surface area (Å²) in [6.45, 7) is 1.42. The van der Waals surface area contributed by atoms with E-state index in [4.69, 9.17) is 14.2 Å². The zero-order chi connectivity index (χ0) is 53.3. The van der Waals surface area contributed by atoms with Crippen LogP contribution in [0.2, 0.25) is 0 Å². The number of nitrogens with zero attached hydrogens (tertiary/aromatic N) is 6. The van der Waals surface area contributed by atoms with Crippen molar-refractivity contribution in [1.82, 2.24) is 40.2 Å². The van der Waals surface area contributed by atoms with E-state index in [0.717, 1.165) is 26.5 Å². The highest BCUT2D eigenvalue weighted by atomic mass is 19.1. The first-order valence-corrected chi connectivity index (χ1v) is 24.4. The molecule has 0 atom stereocenters. The van der Waals surface area contributed by atoms with E-state index in [1.807, 2.05) is 60.7 Å². The molecule has 18 nitrogen and oxygen atoms in total. The number of carbonyl (C=O) groups excluding carboxylic acids is 6. The summed E-state index contributed by atoms with van der Waals surface area (Å²) in [6, 6.07) is 36.5. The molecular formula is C57H44F2N8O10. The third-order valence-electron chi connectivity index (χ3n) is 13.4. The number of ether oxygens (including phenoxy) is 3. The van der Waals surface area contributed by atoms with Crippen LogP contribution in [0.1, 0.15) is 60.2 Å². The number of rotatable bonds is 10. The Morgan fingerprint density at radius 3 is 1.47 bits per heavy atom. The quantitative estimate of drug-likeness (QED) is 0.117. The molecule has 6 aromatic carbocycles. The third-order valence-corrected chi connectivity index (χ3v) is 13.4. The van der Waals surface area contributed by atoms with Gasteiger partial charge < -0.3 is 39.8 Å². The Bertz CT molecular complexity index is 3630. The van der Waals surface area contributed by atoms with Gasteiger partial charge in [-0.3, -0.25) is 19.6 Å². The van der Waals surface area contributed by atoms with Gasteiger partial charge in [-0.05, 0) is 70.8 Å². The molecule has 0 unspecified atom stereocenters. The Balaban J connectivity index is 0.000000174. The Labute approximate surface area is 437 Å². The highest BCUT2D eigenvalue weighted by Crippen LogP contribution is 2.48. The molecule has 8 amide bonds. The van der Waals surface area contributed by atoms with E-state index in [9.17, 15) is 42.7 Å². The van der Waals surface area contributed by atoms with Crippen molar-refractivity contribution in [1.29, 1.82) is 0 Å². The lowest BCUT2D eigenvalue weighted by molar-refractivity contribution is 0.0755. The van der Waals surface area contributed by atoms with Gasteiger partial charge in [-0.15, -0.1) is 0 Å². The van der Waals surface area contributed by atoms with Gasteiger partial charge in [-0.2, -0.15) is 0 Å². The first-order chi connectivity index (χ1) is 37.4. The second-order valence-corrected chi connectivity index (χ2v) is 18.2. The number of phenolic OH excluding ortho intramolecular Hbond substituents is 1. The Morgan fingerprint density at radius 2 is 1.00 bits per heavy atom. The minimum absolute atomic E-state index is 0.00742. The Morgan fingerprint density at radius 1 is 0.558 bits per heavy atom. The summed E-state index contributed by atoms with van der Waals surface area (Å²) in [7, 11) is 0.